The predicted octanol–water partition coefficient (Wildman–Crippen LogP) is 2.53. The minimum Gasteiger partial charge on any atom is -0.494 e. The van der Waals surface area contributed by atoms with Gasteiger partial charge in [-0.1, -0.05) is 11.2 Å². The number of hydrogen-bond donors (Lipinski definition) is 1. The van der Waals surface area contributed by atoms with Crippen LogP contribution in [-0.4, -0.2) is 42.5 Å². The Bertz CT molecular complexity index is 1070. The maximum absolute atomic E-state index is 5.48. The molecule has 0 aliphatic rings. The van der Waals surface area contributed by atoms with E-state index in [9.17, 15) is 0 Å². The fourth-order valence-electron chi connectivity index (χ4n) is 3.15. The monoisotopic (exact) mass is 335 g/mol. The van der Waals surface area contributed by atoms with Gasteiger partial charge in [0.1, 0.15) is 11.3 Å². The first kappa shape index (κ1) is 15.3. The molecule has 0 unspecified atom stereocenters. The van der Waals surface area contributed by atoms with Gasteiger partial charge in [-0.25, -0.2) is 4.98 Å². The summed E-state index contributed by atoms with van der Waals surface area (Å²) in [5.74, 6) is 1.17. The Hall–Kier alpha value is -3.29. The van der Waals surface area contributed by atoms with Crippen LogP contribution in [0, 0.1) is 20.8 Å². The minimum absolute atomic E-state index is 0.415. The van der Waals surface area contributed by atoms with Crippen molar-refractivity contribution >= 4 is 10.9 Å². The molecule has 25 heavy (non-hydrogen) atoms. The number of nitrogens with one attached hydrogen (secondary N) is 1. The summed E-state index contributed by atoms with van der Waals surface area (Å²) in [7, 11) is 1.66. The molecule has 0 atom stereocenters. The molecule has 0 saturated carbocycles. The first-order valence-electron chi connectivity index (χ1n) is 7.85. The molecule has 3 heterocycles. The molecule has 4 rings (SSSR count). The van der Waals surface area contributed by atoms with Crippen molar-refractivity contribution in [3.8, 4) is 22.8 Å². The summed E-state index contributed by atoms with van der Waals surface area (Å²) in [4.78, 5) is 4.66. The van der Waals surface area contributed by atoms with Crippen LogP contribution in [0.15, 0.2) is 24.3 Å². The van der Waals surface area contributed by atoms with E-state index in [0.29, 0.717) is 5.95 Å². The van der Waals surface area contributed by atoms with E-state index in [-0.39, 0.29) is 0 Å². The number of ether oxygens (including phenoxy) is 1. The van der Waals surface area contributed by atoms with Crippen LogP contribution in [0.5, 0.6) is 5.75 Å². The minimum atomic E-state index is 0.415. The first-order chi connectivity index (χ1) is 12.1. The van der Waals surface area contributed by atoms with Crippen LogP contribution in [0.25, 0.3) is 28.0 Å². The zero-order valence-corrected chi connectivity index (χ0v) is 14.4. The highest BCUT2D eigenvalue weighted by Crippen LogP contribution is 2.36. The van der Waals surface area contributed by atoms with Gasteiger partial charge in [0, 0.05) is 16.6 Å². The summed E-state index contributed by atoms with van der Waals surface area (Å²) in [6.07, 6.45) is 0. The van der Waals surface area contributed by atoms with Gasteiger partial charge in [0.2, 0.25) is 0 Å². The Morgan fingerprint density at radius 3 is 2.64 bits per heavy atom. The molecule has 0 spiro atoms. The zero-order chi connectivity index (χ0) is 17.6. The van der Waals surface area contributed by atoms with Gasteiger partial charge in [-0.2, -0.15) is 15.0 Å². The van der Waals surface area contributed by atoms with E-state index in [0.717, 1.165) is 44.9 Å². The van der Waals surface area contributed by atoms with Crippen molar-refractivity contribution in [2.75, 3.05) is 7.11 Å². The lowest BCUT2D eigenvalue weighted by atomic mass is 9.98. The van der Waals surface area contributed by atoms with E-state index in [1.807, 2.05) is 39.0 Å². The molecular weight excluding hydrogens is 318 g/mol. The number of pyridine rings is 1. The van der Waals surface area contributed by atoms with E-state index in [2.05, 4.69) is 36.8 Å². The molecule has 8 heteroatoms. The van der Waals surface area contributed by atoms with E-state index in [1.165, 1.54) is 0 Å². The Morgan fingerprint density at radius 2 is 1.92 bits per heavy atom. The Labute approximate surface area is 143 Å². The lowest BCUT2D eigenvalue weighted by Gasteiger charge is -2.11. The topological polar surface area (TPSA) is 94.4 Å². The molecule has 4 aromatic rings. The molecule has 0 radical (unpaired) electrons. The predicted molar refractivity (Wildman–Crippen MR) is 92.8 cm³/mol. The quantitative estimate of drug-likeness (QED) is 0.618. The number of aryl methyl sites for hydroxylation is 2. The first-order valence-corrected chi connectivity index (χ1v) is 7.85. The van der Waals surface area contributed by atoms with Gasteiger partial charge >= 0.3 is 0 Å². The fraction of sp³-hybridized carbons (Fsp3) is 0.235. The maximum Gasteiger partial charge on any atom is 0.290 e. The average molecular weight is 335 g/mol. The fourth-order valence-corrected chi connectivity index (χ4v) is 3.15. The van der Waals surface area contributed by atoms with Crippen LogP contribution in [-0.2, 0) is 0 Å². The second-order valence-electron chi connectivity index (χ2n) is 5.83. The molecule has 0 fully saturated rings. The number of aromatic amines is 1. The molecule has 1 N–H and O–H groups in total. The van der Waals surface area contributed by atoms with Crippen LogP contribution in [0.2, 0.25) is 0 Å². The molecule has 0 saturated heterocycles. The van der Waals surface area contributed by atoms with Crippen molar-refractivity contribution in [1.82, 2.24) is 35.4 Å². The van der Waals surface area contributed by atoms with Gasteiger partial charge in [-0.3, -0.25) is 0 Å². The van der Waals surface area contributed by atoms with E-state index in [4.69, 9.17) is 4.74 Å². The van der Waals surface area contributed by atoms with Crippen LogP contribution >= 0.6 is 0 Å². The third-order valence-electron chi connectivity index (χ3n) is 4.26. The summed E-state index contributed by atoms with van der Waals surface area (Å²) >= 11 is 0. The lowest BCUT2D eigenvalue weighted by molar-refractivity contribution is 0.419. The smallest absolute Gasteiger partial charge is 0.290 e. The van der Waals surface area contributed by atoms with Crippen molar-refractivity contribution in [3.63, 3.8) is 0 Å². The number of fused-ring (bicyclic) bond motifs is 1. The van der Waals surface area contributed by atoms with Gasteiger partial charge in [0.05, 0.1) is 18.5 Å². The number of benzene rings is 1. The molecule has 1 aromatic carbocycles. The highest BCUT2D eigenvalue weighted by atomic mass is 16.5. The average Bonchev–Trinajstić information content (AvgIpc) is 3.22. The van der Waals surface area contributed by atoms with Gasteiger partial charge in [0.15, 0.2) is 0 Å². The van der Waals surface area contributed by atoms with E-state index < -0.39 is 0 Å². The molecule has 126 valence electrons. The molecular formula is C17H17N7O. The lowest BCUT2D eigenvalue weighted by Crippen LogP contribution is -2.01. The molecule has 8 nitrogen and oxygen atoms in total. The molecule has 0 aliphatic carbocycles. The van der Waals surface area contributed by atoms with Crippen LogP contribution < -0.4 is 4.74 Å². The number of H-pyrrole nitrogens is 1. The van der Waals surface area contributed by atoms with Crippen molar-refractivity contribution in [1.29, 1.82) is 0 Å². The molecule has 3 aromatic heterocycles. The normalized spacial score (nSPS) is 11.2. The number of hydrogen-bond acceptors (Lipinski definition) is 6. The zero-order valence-electron chi connectivity index (χ0n) is 14.4. The summed E-state index contributed by atoms with van der Waals surface area (Å²) < 4.78 is 7.17. The third kappa shape index (κ3) is 2.34. The van der Waals surface area contributed by atoms with Crippen molar-refractivity contribution < 1.29 is 4.74 Å². The second kappa shape index (κ2) is 5.66. The van der Waals surface area contributed by atoms with Crippen molar-refractivity contribution in [2.24, 2.45) is 0 Å². The summed E-state index contributed by atoms with van der Waals surface area (Å²) in [5, 5.41) is 19.7. The van der Waals surface area contributed by atoms with Gasteiger partial charge in [0.25, 0.3) is 5.95 Å². The standard InChI is InChI=1S/C17H17N7O/c1-9-5-6-13-12(7-8-14(25-4)16(13)18-9)15-10(2)21-24(11(15)3)17-19-22-23-20-17/h5-8H,1-4H3,(H,19,20,22,23). The van der Waals surface area contributed by atoms with Gasteiger partial charge < -0.3 is 4.74 Å². The summed E-state index contributed by atoms with van der Waals surface area (Å²) in [6.45, 7) is 5.93. The summed E-state index contributed by atoms with van der Waals surface area (Å²) in [6, 6.07) is 8.05. The SMILES string of the molecule is COc1ccc(-c2c(C)nn(-c3nn[nH]n3)c2C)c2ccc(C)nc12. The van der Waals surface area contributed by atoms with Crippen LogP contribution in [0.1, 0.15) is 17.1 Å². The second-order valence-corrected chi connectivity index (χ2v) is 5.83. The molecule has 0 bridgehead atoms. The Kier molecular flexibility index (Phi) is 3.45. The number of nitrogens with zero attached hydrogens (tertiary/aromatic N) is 6. The highest BCUT2D eigenvalue weighted by Gasteiger charge is 2.19. The highest BCUT2D eigenvalue weighted by molar-refractivity contribution is 5.99. The largest absolute Gasteiger partial charge is 0.494 e. The number of aromatic nitrogens is 7. The number of tetrazole rings is 1. The Balaban J connectivity index is 2.00. The Morgan fingerprint density at radius 1 is 1.08 bits per heavy atom. The van der Waals surface area contributed by atoms with Gasteiger partial charge in [-0.05, 0) is 49.7 Å². The summed E-state index contributed by atoms with van der Waals surface area (Å²) in [5.41, 5.74) is 5.68. The van der Waals surface area contributed by atoms with Crippen LogP contribution in [0.4, 0.5) is 0 Å². The van der Waals surface area contributed by atoms with E-state index >= 15 is 0 Å². The van der Waals surface area contributed by atoms with Crippen LogP contribution in [0.3, 0.4) is 0 Å². The van der Waals surface area contributed by atoms with Gasteiger partial charge in [-0.15, -0.1) is 5.10 Å². The maximum atomic E-state index is 5.48. The van der Waals surface area contributed by atoms with E-state index in [1.54, 1.807) is 11.8 Å². The van der Waals surface area contributed by atoms with Crippen molar-refractivity contribution in [2.45, 2.75) is 20.8 Å². The molecule has 0 aliphatic heterocycles. The number of rotatable bonds is 3. The third-order valence-corrected chi connectivity index (χ3v) is 4.26. The number of methoxy groups -OCH3 is 1. The molecule has 0 amide bonds. The van der Waals surface area contributed by atoms with Crippen molar-refractivity contribution in [3.05, 3.63) is 41.3 Å².